The fourth-order valence-electron chi connectivity index (χ4n) is 2.66. The van der Waals surface area contributed by atoms with E-state index in [2.05, 4.69) is 10.3 Å². The summed E-state index contributed by atoms with van der Waals surface area (Å²) >= 11 is 1.11. The Morgan fingerprint density at radius 2 is 2.00 bits per heavy atom. The summed E-state index contributed by atoms with van der Waals surface area (Å²) in [4.78, 5) is 17.0. The first kappa shape index (κ1) is 16.1. The van der Waals surface area contributed by atoms with Crippen LogP contribution in [0.2, 0.25) is 0 Å². The highest BCUT2D eigenvalue weighted by atomic mass is 32.2. The van der Waals surface area contributed by atoms with Crippen LogP contribution in [0.4, 0.5) is 5.69 Å². The van der Waals surface area contributed by atoms with Crippen LogP contribution in [-0.4, -0.2) is 25.1 Å². The molecule has 0 fully saturated rings. The first-order valence-corrected chi connectivity index (χ1v) is 9.90. The lowest BCUT2D eigenvalue weighted by Crippen LogP contribution is -2.23. The number of nitrogens with one attached hydrogen (secondary N) is 1. The van der Waals surface area contributed by atoms with Gasteiger partial charge in [0.25, 0.3) is 0 Å². The summed E-state index contributed by atoms with van der Waals surface area (Å²) in [6, 6.07) is 5.76. The van der Waals surface area contributed by atoms with Crippen LogP contribution in [0.3, 0.4) is 0 Å². The third-order valence-electron chi connectivity index (χ3n) is 3.98. The number of amides is 1. The Bertz CT molecular complexity index is 850. The van der Waals surface area contributed by atoms with E-state index in [4.69, 9.17) is 0 Å². The highest BCUT2D eigenvalue weighted by molar-refractivity contribution is 7.94. The zero-order valence-corrected chi connectivity index (χ0v) is 14.7. The minimum absolute atomic E-state index is 0.0107. The number of hydrogen-bond acceptors (Lipinski definition) is 5. The van der Waals surface area contributed by atoms with Crippen molar-refractivity contribution >= 4 is 32.8 Å². The van der Waals surface area contributed by atoms with E-state index in [0.29, 0.717) is 11.4 Å². The molecule has 0 atom stereocenters. The summed E-state index contributed by atoms with van der Waals surface area (Å²) in [7, 11) is -3.70. The van der Waals surface area contributed by atoms with Gasteiger partial charge in [0.15, 0.2) is 0 Å². The molecule has 0 saturated carbocycles. The molecule has 0 unspecified atom stereocenters. The van der Waals surface area contributed by atoms with Gasteiger partial charge in [0.05, 0.1) is 5.69 Å². The molecular weight excluding hydrogens is 332 g/mol. The predicted molar refractivity (Wildman–Crippen MR) is 90.7 cm³/mol. The molecule has 1 N–H and O–H groups in total. The first-order valence-electron chi connectivity index (χ1n) is 7.43. The van der Waals surface area contributed by atoms with Crippen LogP contribution >= 0.6 is 11.3 Å². The number of hydrogen-bond donors (Lipinski definition) is 1. The number of carbonyl (C=O) groups excluding carboxylic acids is 1. The van der Waals surface area contributed by atoms with Gasteiger partial charge in [-0.3, -0.25) is 4.79 Å². The number of benzene rings is 1. The second-order valence-electron chi connectivity index (χ2n) is 5.77. The molecule has 1 aliphatic carbocycles. The van der Waals surface area contributed by atoms with Gasteiger partial charge >= 0.3 is 0 Å². The van der Waals surface area contributed by atoms with Gasteiger partial charge in [-0.05, 0) is 56.4 Å². The minimum atomic E-state index is -3.70. The largest absolute Gasteiger partial charge is 0.325 e. The molecule has 1 heterocycles. The van der Waals surface area contributed by atoms with E-state index >= 15 is 0 Å². The maximum atomic E-state index is 12.3. The molecule has 0 aliphatic heterocycles. The topological polar surface area (TPSA) is 76.1 Å². The molecule has 1 amide bonds. The van der Waals surface area contributed by atoms with Crippen molar-refractivity contribution < 1.29 is 13.2 Å². The standard InChI is InChI=1S/C16H18N2O3S2/c1-10-11(2)22-16(17-10)23(20,21)9-15(19)18-14-7-6-12-4-3-5-13(12)8-14/h6-8H,3-5,9H2,1-2H3,(H,18,19). The Balaban J connectivity index is 1.71. The molecule has 2 aromatic rings. The summed E-state index contributed by atoms with van der Waals surface area (Å²) in [6.45, 7) is 3.58. The summed E-state index contributed by atoms with van der Waals surface area (Å²) in [5, 5.41) is 2.68. The van der Waals surface area contributed by atoms with E-state index in [9.17, 15) is 13.2 Å². The monoisotopic (exact) mass is 350 g/mol. The van der Waals surface area contributed by atoms with E-state index < -0.39 is 21.5 Å². The smallest absolute Gasteiger partial charge is 0.240 e. The quantitative estimate of drug-likeness (QED) is 0.920. The highest BCUT2D eigenvalue weighted by Crippen LogP contribution is 2.25. The van der Waals surface area contributed by atoms with Crippen molar-refractivity contribution in [1.29, 1.82) is 0 Å². The first-order chi connectivity index (χ1) is 10.8. The zero-order chi connectivity index (χ0) is 16.6. The molecule has 7 heteroatoms. The number of fused-ring (bicyclic) bond motifs is 1. The van der Waals surface area contributed by atoms with Crippen molar-refractivity contribution in [3.8, 4) is 0 Å². The van der Waals surface area contributed by atoms with Crippen molar-refractivity contribution in [1.82, 2.24) is 4.98 Å². The van der Waals surface area contributed by atoms with Crippen LogP contribution in [0.15, 0.2) is 22.5 Å². The molecule has 0 radical (unpaired) electrons. The van der Waals surface area contributed by atoms with E-state index in [1.54, 1.807) is 6.92 Å². The SMILES string of the molecule is Cc1nc(S(=O)(=O)CC(=O)Nc2ccc3c(c2)CCC3)sc1C. The fraction of sp³-hybridized carbons (Fsp3) is 0.375. The minimum Gasteiger partial charge on any atom is -0.325 e. The van der Waals surface area contributed by atoms with Gasteiger partial charge in [0.2, 0.25) is 20.1 Å². The second-order valence-corrected chi connectivity index (χ2v) is 9.13. The number of thiazole rings is 1. The van der Waals surface area contributed by atoms with Crippen molar-refractivity contribution in [2.75, 3.05) is 11.1 Å². The zero-order valence-electron chi connectivity index (χ0n) is 13.0. The van der Waals surface area contributed by atoms with Crippen LogP contribution in [0.5, 0.6) is 0 Å². The average molecular weight is 350 g/mol. The van der Waals surface area contributed by atoms with Crippen molar-refractivity contribution in [2.24, 2.45) is 0 Å². The molecule has 1 aromatic carbocycles. The highest BCUT2D eigenvalue weighted by Gasteiger charge is 2.24. The second kappa shape index (κ2) is 6.05. The molecule has 23 heavy (non-hydrogen) atoms. The van der Waals surface area contributed by atoms with Gasteiger partial charge in [-0.15, -0.1) is 11.3 Å². The average Bonchev–Trinajstić information content (AvgIpc) is 3.05. The lowest BCUT2D eigenvalue weighted by atomic mass is 10.1. The number of rotatable bonds is 4. The van der Waals surface area contributed by atoms with E-state index in [1.165, 1.54) is 11.1 Å². The van der Waals surface area contributed by atoms with Crippen LogP contribution in [0.25, 0.3) is 0 Å². The summed E-state index contributed by atoms with van der Waals surface area (Å²) in [5.74, 6) is -1.12. The van der Waals surface area contributed by atoms with Crippen LogP contribution < -0.4 is 5.32 Å². The summed E-state index contributed by atoms with van der Waals surface area (Å²) in [6.07, 6.45) is 3.21. The van der Waals surface area contributed by atoms with Crippen LogP contribution in [0.1, 0.15) is 28.1 Å². The van der Waals surface area contributed by atoms with E-state index in [-0.39, 0.29) is 4.34 Å². The molecular formula is C16H18N2O3S2. The number of aryl methyl sites for hydroxylation is 4. The Kier molecular flexibility index (Phi) is 4.25. The Morgan fingerprint density at radius 1 is 1.26 bits per heavy atom. The van der Waals surface area contributed by atoms with Crippen molar-refractivity contribution in [3.63, 3.8) is 0 Å². The molecule has 0 saturated heterocycles. The number of carbonyl (C=O) groups is 1. The molecule has 1 aromatic heterocycles. The van der Waals surface area contributed by atoms with Gasteiger partial charge in [-0.1, -0.05) is 6.07 Å². The molecule has 0 spiro atoms. The Hall–Kier alpha value is -1.73. The van der Waals surface area contributed by atoms with Gasteiger partial charge in [0.1, 0.15) is 5.75 Å². The van der Waals surface area contributed by atoms with Gasteiger partial charge < -0.3 is 5.32 Å². The lowest BCUT2D eigenvalue weighted by molar-refractivity contribution is -0.113. The van der Waals surface area contributed by atoms with Gasteiger partial charge in [-0.25, -0.2) is 13.4 Å². The fourth-order valence-corrected chi connectivity index (χ4v) is 5.17. The van der Waals surface area contributed by atoms with E-state index in [0.717, 1.165) is 35.5 Å². The lowest BCUT2D eigenvalue weighted by Gasteiger charge is -2.07. The third-order valence-corrected chi connectivity index (χ3v) is 7.12. The number of anilines is 1. The molecule has 3 rings (SSSR count). The third kappa shape index (κ3) is 3.45. The normalized spacial score (nSPS) is 13.8. The Morgan fingerprint density at radius 3 is 2.70 bits per heavy atom. The van der Waals surface area contributed by atoms with Crippen LogP contribution in [-0.2, 0) is 27.5 Å². The van der Waals surface area contributed by atoms with Gasteiger partial charge in [-0.2, -0.15) is 0 Å². The Labute approximate surface area is 139 Å². The van der Waals surface area contributed by atoms with E-state index in [1.807, 2.05) is 25.1 Å². The number of nitrogens with zero attached hydrogens (tertiary/aromatic N) is 1. The number of aromatic nitrogens is 1. The van der Waals surface area contributed by atoms with Crippen LogP contribution in [0, 0.1) is 13.8 Å². The number of sulfone groups is 1. The molecule has 1 aliphatic rings. The molecule has 5 nitrogen and oxygen atoms in total. The van der Waals surface area contributed by atoms with Crippen molar-refractivity contribution in [3.05, 3.63) is 39.9 Å². The summed E-state index contributed by atoms with van der Waals surface area (Å²) < 4.78 is 24.6. The maximum absolute atomic E-state index is 12.3. The summed E-state index contributed by atoms with van der Waals surface area (Å²) in [5.41, 5.74) is 3.88. The molecule has 0 bridgehead atoms. The van der Waals surface area contributed by atoms with Gasteiger partial charge in [0, 0.05) is 10.6 Å². The maximum Gasteiger partial charge on any atom is 0.240 e. The van der Waals surface area contributed by atoms with Crippen molar-refractivity contribution in [2.45, 2.75) is 37.4 Å². The predicted octanol–water partition coefficient (Wildman–Crippen LogP) is 2.66. The molecule has 122 valence electrons.